The van der Waals surface area contributed by atoms with Crippen molar-refractivity contribution in [2.24, 2.45) is 11.8 Å². The summed E-state index contributed by atoms with van der Waals surface area (Å²) in [6, 6.07) is 0. The van der Waals surface area contributed by atoms with E-state index >= 15 is 0 Å². The Morgan fingerprint density at radius 3 is 0.800 bits per heavy atom. The Morgan fingerprint density at radius 1 is 0.318 bits per heavy atom. The Labute approximate surface area is 517 Å². The quantitative estimate of drug-likeness (QED) is 0.0222. The van der Waals surface area contributed by atoms with E-state index in [0.717, 1.165) is 108 Å². The predicted molar refractivity (Wildman–Crippen MR) is 340 cm³/mol. The van der Waals surface area contributed by atoms with Crippen LogP contribution in [0.25, 0.3) is 0 Å². The molecule has 0 aromatic heterocycles. The third kappa shape index (κ3) is 60.7. The number of rotatable bonds is 65. The first-order chi connectivity index (χ1) is 40.9. The number of aliphatic hydroxyl groups is 1. The predicted octanol–water partition coefficient (Wildman–Crippen LogP) is 18.4. The molecule has 3 N–H and O–H groups in total. The molecule has 5 atom stereocenters. The summed E-state index contributed by atoms with van der Waals surface area (Å²) in [5, 5.41) is 10.5. The van der Waals surface area contributed by atoms with E-state index in [4.69, 9.17) is 37.0 Å². The molecule has 0 radical (unpaired) electrons. The van der Waals surface area contributed by atoms with E-state index in [1.807, 2.05) is 0 Å². The summed E-state index contributed by atoms with van der Waals surface area (Å²) in [6.07, 6.45) is 42.1. The zero-order chi connectivity index (χ0) is 62.9. The van der Waals surface area contributed by atoms with Gasteiger partial charge in [-0.05, 0) is 37.5 Å². The number of phosphoric acid groups is 2. The van der Waals surface area contributed by atoms with Gasteiger partial charge in [0.1, 0.15) is 19.3 Å². The summed E-state index contributed by atoms with van der Waals surface area (Å²) >= 11 is 0. The van der Waals surface area contributed by atoms with E-state index < -0.39 is 97.5 Å². The number of carbonyl (C=O) groups is 4. The molecule has 0 rings (SSSR count). The zero-order valence-corrected chi connectivity index (χ0v) is 56.7. The van der Waals surface area contributed by atoms with E-state index in [1.54, 1.807) is 0 Å². The van der Waals surface area contributed by atoms with Crippen molar-refractivity contribution < 1.29 is 80.2 Å². The highest BCUT2D eigenvalue weighted by molar-refractivity contribution is 7.47. The van der Waals surface area contributed by atoms with Gasteiger partial charge in [-0.25, -0.2) is 9.13 Å². The van der Waals surface area contributed by atoms with E-state index in [0.29, 0.717) is 25.7 Å². The van der Waals surface area contributed by atoms with E-state index in [9.17, 15) is 43.2 Å². The molecule has 19 heteroatoms. The smallest absolute Gasteiger partial charge is 0.462 e. The maximum Gasteiger partial charge on any atom is 0.472 e. The SMILES string of the molecule is CCCCCCCCCCCCCCCCCCC(=O)O[C@H](COC(=O)CCCCCCCCCCCC(C)C)COP(=O)(O)OC[C@@H](O)COP(=O)(O)OC[C@@H](COC(=O)CCCCCCC)OC(=O)CCCCCCCCCCCC(C)C. The van der Waals surface area contributed by atoms with Crippen LogP contribution in [0.4, 0.5) is 0 Å². The molecule has 0 bridgehead atoms. The standard InChI is InChI=1S/C66H128O17P2/c1-7-9-11-13-14-15-16-17-18-19-20-21-26-32-38-44-50-65(70)83-62(55-77-64(69)49-43-37-31-27-22-24-29-35-40-46-58(3)4)57-81-85(74,75)79-53-60(67)52-78-84(72,73)80-56-61(54-76-63(68)48-42-34-12-10-8-2)82-66(71)51-45-39-33-28-23-25-30-36-41-47-59(5)6/h58-62,67H,7-57H2,1-6H3,(H,72,73)(H,74,75)/t60-,61+,62+/m0/s1. The molecule has 0 saturated heterocycles. The van der Waals surface area contributed by atoms with Crippen LogP contribution in [0.15, 0.2) is 0 Å². The maximum atomic E-state index is 13.0. The highest BCUT2D eigenvalue weighted by Crippen LogP contribution is 2.45. The fourth-order valence-corrected chi connectivity index (χ4v) is 11.5. The van der Waals surface area contributed by atoms with Crippen molar-refractivity contribution in [2.45, 2.75) is 349 Å². The van der Waals surface area contributed by atoms with Gasteiger partial charge in [-0.1, -0.05) is 279 Å². The lowest BCUT2D eigenvalue weighted by Gasteiger charge is -2.21. The van der Waals surface area contributed by atoms with Gasteiger partial charge in [0.25, 0.3) is 0 Å². The van der Waals surface area contributed by atoms with Gasteiger partial charge in [0.15, 0.2) is 12.2 Å². The van der Waals surface area contributed by atoms with E-state index in [-0.39, 0.29) is 25.7 Å². The second-order valence-corrected chi connectivity index (χ2v) is 27.7. The molecule has 0 saturated carbocycles. The van der Waals surface area contributed by atoms with Crippen LogP contribution in [0.3, 0.4) is 0 Å². The highest BCUT2D eigenvalue weighted by atomic mass is 31.2. The van der Waals surface area contributed by atoms with Crippen molar-refractivity contribution >= 4 is 39.5 Å². The molecule has 0 fully saturated rings. The number of aliphatic hydroxyl groups excluding tert-OH is 1. The zero-order valence-electron chi connectivity index (χ0n) is 54.9. The minimum Gasteiger partial charge on any atom is -0.462 e. The third-order valence-electron chi connectivity index (χ3n) is 15.2. The minimum atomic E-state index is -4.95. The molecule has 2 unspecified atom stereocenters. The van der Waals surface area contributed by atoms with E-state index in [2.05, 4.69) is 41.5 Å². The Kier molecular flexibility index (Phi) is 57.1. The Balaban J connectivity index is 5.17. The molecule has 0 spiro atoms. The van der Waals surface area contributed by atoms with E-state index in [1.165, 1.54) is 141 Å². The van der Waals surface area contributed by atoms with Crippen molar-refractivity contribution in [3.63, 3.8) is 0 Å². The van der Waals surface area contributed by atoms with Crippen molar-refractivity contribution in [2.75, 3.05) is 39.6 Å². The van der Waals surface area contributed by atoms with Gasteiger partial charge in [0, 0.05) is 25.7 Å². The number of carbonyl (C=O) groups excluding carboxylic acids is 4. The normalized spacial score (nSPS) is 14.2. The first kappa shape index (κ1) is 83.1. The summed E-state index contributed by atoms with van der Waals surface area (Å²) in [6.45, 7) is 9.39. The minimum absolute atomic E-state index is 0.104. The first-order valence-electron chi connectivity index (χ1n) is 34.5. The lowest BCUT2D eigenvalue weighted by atomic mass is 10.0. The van der Waals surface area contributed by atoms with Crippen LogP contribution >= 0.6 is 15.6 Å². The molecule has 85 heavy (non-hydrogen) atoms. The Hall–Kier alpha value is -1.94. The fourth-order valence-electron chi connectivity index (χ4n) is 9.88. The van der Waals surface area contributed by atoms with Gasteiger partial charge >= 0.3 is 39.5 Å². The van der Waals surface area contributed by atoms with Gasteiger partial charge in [0.05, 0.1) is 26.4 Å². The molecule has 0 amide bonds. The third-order valence-corrected chi connectivity index (χ3v) is 17.1. The first-order valence-corrected chi connectivity index (χ1v) is 37.5. The van der Waals surface area contributed by atoms with Crippen molar-refractivity contribution in [1.29, 1.82) is 0 Å². The van der Waals surface area contributed by atoms with Crippen LogP contribution in [0.5, 0.6) is 0 Å². The highest BCUT2D eigenvalue weighted by Gasteiger charge is 2.30. The number of esters is 4. The Morgan fingerprint density at radius 2 is 0.541 bits per heavy atom. The van der Waals surface area contributed by atoms with Gasteiger partial charge in [0.2, 0.25) is 0 Å². The topological polar surface area (TPSA) is 237 Å². The number of hydrogen-bond acceptors (Lipinski definition) is 15. The average Bonchev–Trinajstić information content (AvgIpc) is 3.52. The summed E-state index contributed by atoms with van der Waals surface area (Å²) in [4.78, 5) is 72.1. The van der Waals surface area contributed by atoms with Crippen LogP contribution in [0.2, 0.25) is 0 Å². The molecule has 0 aromatic rings. The molecule has 0 aliphatic rings. The lowest BCUT2D eigenvalue weighted by Crippen LogP contribution is -2.30. The number of phosphoric ester groups is 2. The summed E-state index contributed by atoms with van der Waals surface area (Å²) in [5.74, 6) is -0.660. The molecular weight excluding hydrogens is 1130 g/mol. The van der Waals surface area contributed by atoms with Crippen LogP contribution in [-0.4, -0.2) is 96.7 Å². The maximum absolute atomic E-state index is 13.0. The van der Waals surface area contributed by atoms with Gasteiger partial charge in [-0.2, -0.15) is 0 Å². The van der Waals surface area contributed by atoms with Crippen LogP contribution in [-0.2, 0) is 65.4 Å². The number of hydrogen-bond donors (Lipinski definition) is 3. The molecule has 0 heterocycles. The molecule has 0 aliphatic carbocycles. The largest absolute Gasteiger partial charge is 0.472 e. The second kappa shape index (κ2) is 58.4. The van der Waals surface area contributed by atoms with Gasteiger partial charge in [-0.15, -0.1) is 0 Å². The Bertz CT molecular complexity index is 1670. The van der Waals surface area contributed by atoms with Crippen molar-refractivity contribution in [3.8, 4) is 0 Å². The lowest BCUT2D eigenvalue weighted by molar-refractivity contribution is -0.161. The summed E-state index contributed by atoms with van der Waals surface area (Å²) < 4.78 is 67.9. The summed E-state index contributed by atoms with van der Waals surface area (Å²) in [7, 11) is -9.88. The number of unbranched alkanes of at least 4 members (excludes halogenated alkanes) is 35. The molecule has 0 aliphatic heterocycles. The van der Waals surface area contributed by atoms with Crippen molar-refractivity contribution in [3.05, 3.63) is 0 Å². The molecule has 17 nitrogen and oxygen atoms in total. The van der Waals surface area contributed by atoms with Crippen molar-refractivity contribution in [1.82, 2.24) is 0 Å². The fraction of sp³-hybridized carbons (Fsp3) is 0.939. The molecular formula is C66H128O17P2. The van der Waals surface area contributed by atoms with Crippen LogP contribution < -0.4 is 0 Å². The second-order valence-electron chi connectivity index (χ2n) is 24.8. The van der Waals surface area contributed by atoms with Gasteiger partial charge in [-0.3, -0.25) is 37.3 Å². The number of ether oxygens (including phenoxy) is 4. The average molecular weight is 1260 g/mol. The van der Waals surface area contributed by atoms with Crippen LogP contribution in [0, 0.1) is 11.8 Å². The monoisotopic (exact) mass is 1250 g/mol. The molecule has 504 valence electrons. The summed E-state index contributed by atoms with van der Waals surface area (Å²) in [5.41, 5.74) is 0. The van der Waals surface area contributed by atoms with Gasteiger partial charge < -0.3 is 33.8 Å². The molecule has 0 aromatic carbocycles. The van der Waals surface area contributed by atoms with Crippen LogP contribution in [0.1, 0.15) is 330 Å².